The molecule has 5 rings (SSSR count). The van der Waals surface area contributed by atoms with E-state index in [4.69, 9.17) is 9.72 Å². The fraction of sp³-hybridized carbons (Fsp3) is 0.364. The number of morpholine rings is 1. The highest BCUT2D eigenvalue weighted by Gasteiger charge is 2.26. The summed E-state index contributed by atoms with van der Waals surface area (Å²) in [4.78, 5) is 37.3. The molecule has 1 aliphatic carbocycles. The molecule has 2 aliphatic rings. The van der Waals surface area contributed by atoms with Crippen LogP contribution in [0.15, 0.2) is 41.3 Å². The number of hydrogen-bond donors (Lipinski definition) is 0. The third-order valence-corrected chi connectivity index (χ3v) is 5.68. The summed E-state index contributed by atoms with van der Waals surface area (Å²) in [5.41, 5.74) is 2.71. The summed E-state index contributed by atoms with van der Waals surface area (Å²) in [5, 5.41) is 0.489. The highest BCUT2D eigenvalue weighted by molar-refractivity contribution is 6.02. The van der Waals surface area contributed by atoms with E-state index in [1.165, 1.54) is 0 Å². The summed E-state index contributed by atoms with van der Waals surface area (Å²) in [7, 11) is 0. The van der Waals surface area contributed by atoms with Gasteiger partial charge < -0.3 is 9.64 Å². The largest absolute Gasteiger partial charge is 0.378 e. The van der Waals surface area contributed by atoms with Crippen LogP contribution in [0.1, 0.15) is 34.3 Å². The minimum atomic E-state index is -0.126. The van der Waals surface area contributed by atoms with Crippen LogP contribution in [0.4, 0.5) is 5.95 Å². The van der Waals surface area contributed by atoms with Crippen molar-refractivity contribution >= 4 is 22.8 Å². The molecule has 1 fully saturated rings. The van der Waals surface area contributed by atoms with Gasteiger partial charge in [0.05, 0.1) is 25.1 Å². The third kappa shape index (κ3) is 3.21. The van der Waals surface area contributed by atoms with E-state index >= 15 is 0 Å². The first-order valence-electron chi connectivity index (χ1n) is 10.0. The molecule has 7 nitrogen and oxygen atoms in total. The Morgan fingerprint density at radius 1 is 1.03 bits per heavy atom. The fourth-order valence-electron chi connectivity index (χ4n) is 4.20. The maximum Gasteiger partial charge on any atom is 0.265 e. The summed E-state index contributed by atoms with van der Waals surface area (Å²) in [6.07, 6.45) is 3.57. The van der Waals surface area contributed by atoms with Crippen molar-refractivity contribution in [3.05, 3.63) is 63.6 Å². The number of Topliss-reactive ketones (excluding diaryl/α,β-unsaturated/α-hetero) is 1. The van der Waals surface area contributed by atoms with Crippen molar-refractivity contribution in [3.63, 3.8) is 0 Å². The van der Waals surface area contributed by atoms with Gasteiger partial charge in [0.1, 0.15) is 0 Å². The highest BCUT2D eigenvalue weighted by atomic mass is 16.5. The van der Waals surface area contributed by atoms with E-state index in [1.807, 2.05) is 30.3 Å². The predicted molar refractivity (Wildman–Crippen MR) is 110 cm³/mol. The lowest BCUT2D eigenvalue weighted by molar-refractivity contribution is 0.0972. The van der Waals surface area contributed by atoms with Crippen LogP contribution in [0.3, 0.4) is 0 Å². The first-order valence-corrected chi connectivity index (χ1v) is 10.0. The van der Waals surface area contributed by atoms with Crippen molar-refractivity contribution in [1.29, 1.82) is 0 Å². The molecule has 1 saturated heterocycles. The van der Waals surface area contributed by atoms with Crippen molar-refractivity contribution < 1.29 is 9.53 Å². The lowest BCUT2D eigenvalue weighted by Crippen LogP contribution is -2.41. The van der Waals surface area contributed by atoms with Crippen LogP contribution in [0.2, 0.25) is 0 Å². The number of aryl methyl sites for hydroxylation is 1. The second-order valence-corrected chi connectivity index (χ2v) is 7.51. The maximum absolute atomic E-state index is 13.7. The van der Waals surface area contributed by atoms with Gasteiger partial charge >= 0.3 is 0 Å². The Hall–Kier alpha value is -3.06. The molecule has 3 aromatic rings. The van der Waals surface area contributed by atoms with Gasteiger partial charge in [-0.15, -0.1) is 0 Å². The monoisotopic (exact) mass is 390 g/mol. The number of ether oxygens (including phenoxy) is 1. The summed E-state index contributed by atoms with van der Waals surface area (Å²) >= 11 is 0. The Morgan fingerprint density at radius 2 is 1.83 bits per heavy atom. The SMILES string of the molecule is O=C1CCCc2c1cnc1nc(N3CCOCC3)n(Cc3ccccc3)c(=O)c21. The summed E-state index contributed by atoms with van der Waals surface area (Å²) in [6.45, 7) is 2.98. The van der Waals surface area contributed by atoms with E-state index in [-0.39, 0.29) is 11.3 Å². The summed E-state index contributed by atoms with van der Waals surface area (Å²) in [5.74, 6) is 0.677. The molecule has 29 heavy (non-hydrogen) atoms. The van der Waals surface area contributed by atoms with Gasteiger partial charge in [-0.2, -0.15) is 4.98 Å². The quantitative estimate of drug-likeness (QED) is 0.682. The molecule has 1 aliphatic heterocycles. The normalized spacial score (nSPS) is 16.8. The topological polar surface area (TPSA) is 77.3 Å². The number of rotatable bonds is 3. The first-order chi connectivity index (χ1) is 14.2. The van der Waals surface area contributed by atoms with Gasteiger partial charge in [-0.25, -0.2) is 4.98 Å². The zero-order valence-corrected chi connectivity index (χ0v) is 16.1. The second kappa shape index (κ2) is 7.40. The first kappa shape index (κ1) is 18.0. The van der Waals surface area contributed by atoms with Crippen molar-refractivity contribution in [2.45, 2.75) is 25.8 Å². The van der Waals surface area contributed by atoms with E-state index in [0.29, 0.717) is 68.2 Å². The smallest absolute Gasteiger partial charge is 0.265 e. The van der Waals surface area contributed by atoms with Gasteiger partial charge in [0.2, 0.25) is 5.95 Å². The number of nitrogens with zero attached hydrogens (tertiary/aromatic N) is 4. The lowest BCUT2D eigenvalue weighted by Gasteiger charge is -2.30. The number of pyridine rings is 1. The van der Waals surface area contributed by atoms with E-state index < -0.39 is 0 Å². The molecule has 7 heteroatoms. The number of anilines is 1. The lowest BCUT2D eigenvalue weighted by atomic mass is 9.90. The number of carbonyl (C=O) groups excluding carboxylic acids is 1. The van der Waals surface area contributed by atoms with Gasteiger partial charge in [-0.1, -0.05) is 30.3 Å². The van der Waals surface area contributed by atoms with Crippen LogP contribution in [0.5, 0.6) is 0 Å². The van der Waals surface area contributed by atoms with Crippen molar-refractivity contribution in [3.8, 4) is 0 Å². The fourth-order valence-corrected chi connectivity index (χ4v) is 4.20. The molecule has 0 radical (unpaired) electrons. The maximum atomic E-state index is 13.7. The minimum Gasteiger partial charge on any atom is -0.378 e. The standard InChI is InChI=1S/C22H22N4O3/c27-18-8-4-7-16-17(18)13-23-20-19(16)21(28)26(14-15-5-2-1-3-6-15)22(24-20)25-9-11-29-12-10-25/h1-3,5-6,13H,4,7-12,14H2. The third-order valence-electron chi connectivity index (χ3n) is 5.68. The van der Waals surface area contributed by atoms with Gasteiger partial charge in [-0.05, 0) is 24.0 Å². The van der Waals surface area contributed by atoms with Crippen LogP contribution in [-0.2, 0) is 17.7 Å². The van der Waals surface area contributed by atoms with E-state index in [9.17, 15) is 9.59 Å². The molecular weight excluding hydrogens is 368 g/mol. The zero-order chi connectivity index (χ0) is 19.8. The Bertz CT molecular complexity index is 1130. The zero-order valence-electron chi connectivity index (χ0n) is 16.1. The van der Waals surface area contributed by atoms with Crippen LogP contribution < -0.4 is 10.5 Å². The van der Waals surface area contributed by atoms with Crippen molar-refractivity contribution in [2.75, 3.05) is 31.2 Å². The Kier molecular flexibility index (Phi) is 4.60. The number of ketones is 1. The Balaban J connectivity index is 1.74. The molecule has 1 aromatic carbocycles. The predicted octanol–water partition coefficient (Wildman–Crippen LogP) is 2.20. The average molecular weight is 390 g/mol. The molecule has 0 saturated carbocycles. The number of aromatic nitrogens is 3. The number of benzene rings is 1. The molecule has 2 aromatic heterocycles. The molecule has 0 atom stereocenters. The molecule has 0 unspecified atom stereocenters. The van der Waals surface area contributed by atoms with Crippen molar-refractivity contribution in [2.24, 2.45) is 0 Å². The summed E-state index contributed by atoms with van der Waals surface area (Å²) < 4.78 is 7.20. The molecule has 3 heterocycles. The Morgan fingerprint density at radius 3 is 2.62 bits per heavy atom. The van der Waals surface area contributed by atoms with Gasteiger partial charge in [-0.3, -0.25) is 14.2 Å². The number of carbonyl (C=O) groups is 1. The minimum absolute atomic E-state index is 0.0620. The van der Waals surface area contributed by atoms with E-state index in [1.54, 1.807) is 10.8 Å². The number of hydrogen-bond acceptors (Lipinski definition) is 6. The summed E-state index contributed by atoms with van der Waals surface area (Å²) in [6, 6.07) is 9.89. The van der Waals surface area contributed by atoms with Crippen molar-refractivity contribution in [1.82, 2.24) is 14.5 Å². The average Bonchev–Trinajstić information content (AvgIpc) is 2.76. The molecule has 0 amide bonds. The van der Waals surface area contributed by atoms with Crippen LogP contribution in [0.25, 0.3) is 11.0 Å². The van der Waals surface area contributed by atoms with E-state index in [2.05, 4.69) is 9.88 Å². The molecule has 0 bridgehead atoms. The van der Waals surface area contributed by atoms with Crippen LogP contribution in [-0.4, -0.2) is 46.6 Å². The molecule has 0 spiro atoms. The molecule has 0 N–H and O–H groups in total. The Labute approximate surface area is 168 Å². The molecular formula is C22H22N4O3. The van der Waals surface area contributed by atoms with Gasteiger partial charge in [0, 0.05) is 31.3 Å². The second-order valence-electron chi connectivity index (χ2n) is 7.51. The highest BCUT2D eigenvalue weighted by Crippen LogP contribution is 2.26. The van der Waals surface area contributed by atoms with Gasteiger partial charge in [0.15, 0.2) is 11.4 Å². The van der Waals surface area contributed by atoms with Crippen LogP contribution in [0, 0.1) is 0 Å². The van der Waals surface area contributed by atoms with Gasteiger partial charge in [0.25, 0.3) is 5.56 Å². The molecule has 148 valence electrons. The number of fused-ring (bicyclic) bond motifs is 3. The van der Waals surface area contributed by atoms with E-state index in [0.717, 1.165) is 17.5 Å². The van der Waals surface area contributed by atoms with Crippen LogP contribution >= 0.6 is 0 Å².